The van der Waals surface area contributed by atoms with Gasteiger partial charge in [-0.2, -0.15) is 13.2 Å². The summed E-state index contributed by atoms with van der Waals surface area (Å²) >= 11 is 11.9. The largest absolute Gasteiger partial charge is 0.401 e. The molecule has 0 saturated carbocycles. The number of fused-ring (bicyclic) bond motifs is 2. The van der Waals surface area contributed by atoms with Gasteiger partial charge in [0.15, 0.2) is 0 Å². The summed E-state index contributed by atoms with van der Waals surface area (Å²) in [5, 5.41) is 0.523. The second-order valence-electron chi connectivity index (χ2n) is 6.42. The van der Waals surface area contributed by atoms with E-state index in [0.717, 1.165) is 18.4 Å². The number of pyridine rings is 1. The van der Waals surface area contributed by atoms with Crippen molar-refractivity contribution in [2.45, 2.75) is 49.4 Å². The summed E-state index contributed by atoms with van der Waals surface area (Å²) in [4.78, 5) is 5.74. The highest BCUT2D eigenvalue weighted by atomic mass is 35.5. The van der Waals surface area contributed by atoms with Crippen LogP contribution in [-0.2, 0) is 5.41 Å². The minimum atomic E-state index is -4.17. The number of nitrogens with zero attached hydrogens (tertiary/aromatic N) is 2. The second kappa shape index (κ2) is 6.26. The first-order chi connectivity index (χ1) is 10.8. The maximum Gasteiger partial charge on any atom is 0.401 e. The van der Waals surface area contributed by atoms with Gasteiger partial charge in [0, 0.05) is 35.4 Å². The minimum Gasteiger partial charge on any atom is -0.289 e. The Hall–Kier alpha value is -0.780. The molecule has 0 aliphatic carbocycles. The van der Waals surface area contributed by atoms with Crippen molar-refractivity contribution in [3.63, 3.8) is 0 Å². The first-order valence-electron chi connectivity index (χ1n) is 7.54. The number of rotatable bonds is 3. The molecule has 2 unspecified atom stereocenters. The topological polar surface area (TPSA) is 16.1 Å². The van der Waals surface area contributed by atoms with Crippen molar-refractivity contribution in [2.75, 3.05) is 6.54 Å². The van der Waals surface area contributed by atoms with E-state index in [1.54, 1.807) is 17.3 Å². The number of aromatic nitrogens is 1. The van der Waals surface area contributed by atoms with Crippen LogP contribution in [0.3, 0.4) is 0 Å². The third-order valence-electron chi connectivity index (χ3n) is 4.99. The van der Waals surface area contributed by atoms with Gasteiger partial charge in [-0.05, 0) is 37.3 Å². The lowest BCUT2D eigenvalue weighted by molar-refractivity contribution is -0.156. The van der Waals surface area contributed by atoms with Gasteiger partial charge in [-0.25, -0.2) is 0 Å². The van der Waals surface area contributed by atoms with Crippen LogP contribution in [0.15, 0.2) is 30.1 Å². The van der Waals surface area contributed by atoms with Crippen LogP contribution in [-0.4, -0.2) is 34.7 Å². The van der Waals surface area contributed by atoms with Crippen molar-refractivity contribution >= 4 is 23.2 Å². The zero-order chi connectivity index (χ0) is 16.7. The van der Waals surface area contributed by atoms with E-state index < -0.39 is 18.1 Å². The van der Waals surface area contributed by atoms with E-state index in [0.29, 0.717) is 17.9 Å². The second-order valence-corrected chi connectivity index (χ2v) is 7.11. The molecule has 2 fully saturated rings. The molecule has 7 heteroatoms. The third kappa shape index (κ3) is 3.52. The lowest BCUT2D eigenvalue weighted by atomic mass is 9.70. The molecule has 2 saturated heterocycles. The Labute approximate surface area is 143 Å². The first-order valence-corrected chi connectivity index (χ1v) is 8.36. The number of piperidine rings is 1. The van der Waals surface area contributed by atoms with Crippen LogP contribution in [0.2, 0.25) is 5.02 Å². The van der Waals surface area contributed by atoms with Crippen LogP contribution < -0.4 is 0 Å². The standard InChI is InChI=1S/C16H17Cl2F3N2/c17-4-3-15(11-5-12(18)9-22-8-11)6-13-1-2-14(7-15)23(13)10-16(19,20)21/h3-5,8-9,13-14H,1-2,6-7,10H2. The lowest BCUT2D eigenvalue weighted by Gasteiger charge is -2.45. The normalized spacial score (nSPS) is 31.9. The van der Waals surface area contributed by atoms with E-state index >= 15 is 0 Å². The van der Waals surface area contributed by atoms with Crippen LogP contribution in [0.25, 0.3) is 0 Å². The summed E-state index contributed by atoms with van der Waals surface area (Å²) in [5.41, 5.74) is 1.98. The highest BCUT2D eigenvalue weighted by Gasteiger charge is 2.50. The van der Waals surface area contributed by atoms with E-state index in [2.05, 4.69) is 4.98 Å². The van der Waals surface area contributed by atoms with E-state index in [9.17, 15) is 13.2 Å². The number of allylic oxidation sites excluding steroid dienone is 1. The van der Waals surface area contributed by atoms with Crippen molar-refractivity contribution in [3.05, 3.63) is 40.7 Å². The first kappa shape index (κ1) is 17.1. The molecule has 2 aliphatic rings. The van der Waals surface area contributed by atoms with Crippen LogP contribution in [0.5, 0.6) is 0 Å². The van der Waals surface area contributed by atoms with Gasteiger partial charge in [-0.15, -0.1) is 0 Å². The molecule has 2 aliphatic heterocycles. The molecule has 1 aromatic rings. The van der Waals surface area contributed by atoms with Gasteiger partial charge in [0.05, 0.1) is 11.6 Å². The predicted molar refractivity (Wildman–Crippen MR) is 84.7 cm³/mol. The van der Waals surface area contributed by atoms with Gasteiger partial charge in [-0.1, -0.05) is 29.3 Å². The van der Waals surface area contributed by atoms with Gasteiger partial charge in [-0.3, -0.25) is 9.88 Å². The summed E-state index contributed by atoms with van der Waals surface area (Å²) in [5.74, 6) is 0. The molecule has 1 aromatic heterocycles. The van der Waals surface area contributed by atoms with Gasteiger partial charge in [0.2, 0.25) is 0 Å². The zero-order valence-corrected chi connectivity index (χ0v) is 13.9. The van der Waals surface area contributed by atoms with E-state index in [1.165, 1.54) is 5.54 Å². The summed E-state index contributed by atoms with van der Waals surface area (Å²) in [7, 11) is 0. The molecule has 0 N–H and O–H groups in total. The summed E-state index contributed by atoms with van der Waals surface area (Å²) in [6, 6.07) is 1.65. The van der Waals surface area contributed by atoms with Crippen molar-refractivity contribution in [2.24, 2.45) is 0 Å². The smallest absolute Gasteiger partial charge is 0.289 e. The Kier molecular flexibility index (Phi) is 4.64. The molecule has 0 aromatic carbocycles. The van der Waals surface area contributed by atoms with Crippen molar-refractivity contribution in [3.8, 4) is 0 Å². The highest BCUT2D eigenvalue weighted by molar-refractivity contribution is 6.30. The molecule has 0 radical (unpaired) electrons. The molecule has 0 spiro atoms. The fourth-order valence-electron chi connectivity index (χ4n) is 4.12. The maximum absolute atomic E-state index is 12.8. The molecule has 3 heterocycles. The monoisotopic (exact) mass is 364 g/mol. The summed E-state index contributed by atoms with van der Waals surface area (Å²) < 4.78 is 38.5. The van der Waals surface area contributed by atoms with Crippen molar-refractivity contribution < 1.29 is 13.2 Å². The van der Waals surface area contributed by atoms with Crippen molar-refractivity contribution in [1.29, 1.82) is 0 Å². The lowest BCUT2D eigenvalue weighted by Crippen LogP contribution is -2.51. The van der Waals surface area contributed by atoms with Crippen molar-refractivity contribution in [1.82, 2.24) is 9.88 Å². The van der Waals surface area contributed by atoms with Crippen LogP contribution in [0.4, 0.5) is 13.2 Å². The zero-order valence-electron chi connectivity index (χ0n) is 12.4. The van der Waals surface area contributed by atoms with Gasteiger partial charge in [0.25, 0.3) is 0 Å². The molecule has 2 atom stereocenters. The summed E-state index contributed by atoms with van der Waals surface area (Å²) in [6.07, 6.45) is 3.78. The minimum absolute atomic E-state index is 0.0952. The quantitative estimate of drug-likeness (QED) is 0.756. The molecular weight excluding hydrogens is 348 g/mol. The average molecular weight is 365 g/mol. The Morgan fingerprint density at radius 2 is 1.91 bits per heavy atom. The van der Waals surface area contributed by atoms with Gasteiger partial charge >= 0.3 is 6.18 Å². The van der Waals surface area contributed by atoms with Gasteiger partial charge < -0.3 is 0 Å². The Balaban J connectivity index is 1.91. The van der Waals surface area contributed by atoms with Crippen LogP contribution >= 0.6 is 23.2 Å². The van der Waals surface area contributed by atoms with Crippen LogP contribution in [0.1, 0.15) is 31.2 Å². The molecular formula is C16H17Cl2F3N2. The molecule has 0 amide bonds. The molecule has 126 valence electrons. The Morgan fingerprint density at radius 3 is 2.43 bits per heavy atom. The fourth-order valence-corrected chi connectivity index (χ4v) is 4.53. The third-order valence-corrected chi connectivity index (χ3v) is 5.33. The highest BCUT2D eigenvalue weighted by Crippen LogP contribution is 2.49. The summed E-state index contributed by atoms with van der Waals surface area (Å²) in [6.45, 7) is -0.837. The number of hydrogen-bond donors (Lipinski definition) is 0. The predicted octanol–water partition coefficient (Wildman–Crippen LogP) is 4.91. The van der Waals surface area contributed by atoms with Crippen LogP contribution in [0, 0.1) is 0 Å². The maximum atomic E-state index is 12.8. The molecule has 2 bridgehead atoms. The number of alkyl halides is 3. The SMILES string of the molecule is FC(F)(F)CN1C2CCC1CC(C=CCl)(c1cncc(Cl)c1)C2. The fraction of sp³-hybridized carbons (Fsp3) is 0.562. The van der Waals surface area contributed by atoms with E-state index in [4.69, 9.17) is 23.2 Å². The Morgan fingerprint density at radius 1 is 1.26 bits per heavy atom. The van der Waals surface area contributed by atoms with Gasteiger partial charge in [0.1, 0.15) is 0 Å². The van der Waals surface area contributed by atoms with E-state index in [1.807, 2.05) is 12.1 Å². The number of hydrogen-bond acceptors (Lipinski definition) is 2. The number of halogens is 5. The molecule has 23 heavy (non-hydrogen) atoms. The Bertz CT molecular complexity index is 589. The molecule has 2 nitrogen and oxygen atoms in total. The van der Waals surface area contributed by atoms with E-state index in [-0.39, 0.29) is 12.1 Å². The average Bonchev–Trinajstić information content (AvgIpc) is 2.70. The molecule has 3 rings (SSSR count).